The van der Waals surface area contributed by atoms with Crippen molar-refractivity contribution in [2.24, 2.45) is 0 Å². The number of hydrogen-bond donors (Lipinski definition) is 0. The van der Waals surface area contributed by atoms with E-state index in [9.17, 15) is 0 Å². The zero-order valence-electron chi connectivity index (χ0n) is 11.3. The van der Waals surface area contributed by atoms with Crippen LogP contribution in [0.3, 0.4) is 0 Å². The molecule has 2 rings (SSSR count). The third-order valence-corrected chi connectivity index (χ3v) is 3.13. The second-order valence-corrected chi connectivity index (χ2v) is 4.57. The molecule has 0 bridgehead atoms. The second-order valence-electron chi connectivity index (χ2n) is 4.57. The molecule has 0 heteroatoms. The molecule has 0 aliphatic carbocycles. The van der Waals surface area contributed by atoms with Crippen LogP contribution in [0.2, 0.25) is 0 Å². The summed E-state index contributed by atoms with van der Waals surface area (Å²) in [6, 6.07) is 18.5. The minimum absolute atomic E-state index is 0.221. The Balaban J connectivity index is 2.30. The molecule has 1 unspecified atom stereocenters. The van der Waals surface area contributed by atoms with Gasteiger partial charge in [-0.2, -0.15) is 0 Å². The Morgan fingerprint density at radius 2 is 1.74 bits per heavy atom. The maximum atomic E-state index is 3.84. The van der Waals surface area contributed by atoms with E-state index in [-0.39, 0.29) is 5.92 Å². The molecule has 0 aliphatic rings. The van der Waals surface area contributed by atoms with Gasteiger partial charge in [0.2, 0.25) is 0 Å². The summed E-state index contributed by atoms with van der Waals surface area (Å²) in [5.74, 6) is 6.85. The van der Waals surface area contributed by atoms with Crippen LogP contribution in [0.15, 0.2) is 67.3 Å². The lowest BCUT2D eigenvalue weighted by Crippen LogP contribution is -1.97. The largest absolute Gasteiger partial charge is 0.103 e. The van der Waals surface area contributed by atoms with Gasteiger partial charge in [-0.05, 0) is 36.6 Å². The molecule has 0 aliphatic heterocycles. The number of benzene rings is 2. The molecule has 0 amide bonds. The van der Waals surface area contributed by atoms with E-state index in [0.29, 0.717) is 0 Å². The van der Waals surface area contributed by atoms with Crippen LogP contribution in [-0.4, -0.2) is 0 Å². The summed E-state index contributed by atoms with van der Waals surface area (Å²) in [5.41, 5.74) is 3.65. The lowest BCUT2D eigenvalue weighted by Gasteiger charge is -2.11. The van der Waals surface area contributed by atoms with E-state index in [2.05, 4.69) is 49.6 Å². The second kappa shape index (κ2) is 6.61. The van der Waals surface area contributed by atoms with Crippen molar-refractivity contribution in [3.05, 3.63) is 83.9 Å². The summed E-state index contributed by atoms with van der Waals surface area (Å²) in [6.45, 7) is 5.98. The van der Waals surface area contributed by atoms with Crippen molar-refractivity contribution in [1.82, 2.24) is 0 Å². The van der Waals surface area contributed by atoms with Crippen LogP contribution in [0.1, 0.15) is 29.0 Å². The summed E-state index contributed by atoms with van der Waals surface area (Å²) in [7, 11) is 0. The summed E-state index contributed by atoms with van der Waals surface area (Å²) >= 11 is 0. The Morgan fingerprint density at radius 3 is 2.42 bits per heavy atom. The van der Waals surface area contributed by atoms with Crippen LogP contribution in [-0.2, 0) is 0 Å². The fourth-order valence-corrected chi connectivity index (χ4v) is 2.10. The molecular formula is C19H18. The topological polar surface area (TPSA) is 0 Å². The lowest BCUT2D eigenvalue weighted by atomic mass is 9.92. The Labute approximate surface area is 115 Å². The van der Waals surface area contributed by atoms with Crippen molar-refractivity contribution >= 4 is 0 Å². The minimum atomic E-state index is 0.221. The molecule has 94 valence electrons. The summed E-state index contributed by atoms with van der Waals surface area (Å²) in [4.78, 5) is 0. The molecule has 0 radical (unpaired) electrons. The Bertz CT molecular complexity index is 597. The van der Waals surface area contributed by atoms with E-state index < -0.39 is 0 Å². The zero-order chi connectivity index (χ0) is 13.5. The SMILES string of the molecule is C=CCC(C#Cc1ccccc1)c1ccccc1C. The lowest BCUT2D eigenvalue weighted by molar-refractivity contribution is 0.884. The van der Waals surface area contributed by atoms with Crippen molar-refractivity contribution in [2.45, 2.75) is 19.3 Å². The minimum Gasteiger partial charge on any atom is -0.103 e. The highest BCUT2D eigenvalue weighted by Gasteiger charge is 2.08. The summed E-state index contributed by atoms with van der Waals surface area (Å²) in [6.07, 6.45) is 2.82. The van der Waals surface area contributed by atoms with E-state index in [1.54, 1.807) is 0 Å². The maximum absolute atomic E-state index is 3.84. The fourth-order valence-electron chi connectivity index (χ4n) is 2.10. The standard InChI is InChI=1S/C19H18/c1-3-9-18(19-13-8-7-10-16(19)2)15-14-17-11-5-4-6-12-17/h3-8,10-13,18H,1,9H2,2H3. The van der Waals surface area contributed by atoms with E-state index in [4.69, 9.17) is 0 Å². The molecule has 0 spiro atoms. The third-order valence-electron chi connectivity index (χ3n) is 3.13. The third kappa shape index (κ3) is 3.60. The fraction of sp³-hybridized carbons (Fsp3) is 0.158. The molecule has 0 fully saturated rings. The van der Waals surface area contributed by atoms with Crippen molar-refractivity contribution < 1.29 is 0 Å². The molecule has 0 nitrogen and oxygen atoms in total. The van der Waals surface area contributed by atoms with Gasteiger partial charge in [0, 0.05) is 11.5 Å². The monoisotopic (exact) mass is 246 g/mol. The Hall–Kier alpha value is -2.26. The molecule has 0 saturated heterocycles. The molecule has 2 aromatic rings. The van der Waals surface area contributed by atoms with Gasteiger partial charge >= 0.3 is 0 Å². The molecule has 0 aromatic heterocycles. The number of rotatable bonds is 3. The first-order chi connectivity index (χ1) is 9.31. The Kier molecular flexibility index (Phi) is 4.59. The van der Waals surface area contributed by atoms with Crippen LogP contribution < -0.4 is 0 Å². The van der Waals surface area contributed by atoms with E-state index in [1.165, 1.54) is 11.1 Å². The van der Waals surface area contributed by atoms with Gasteiger partial charge in [-0.3, -0.25) is 0 Å². The van der Waals surface area contributed by atoms with Crippen LogP contribution in [0.4, 0.5) is 0 Å². The predicted molar refractivity (Wildman–Crippen MR) is 82.1 cm³/mol. The molecular weight excluding hydrogens is 228 g/mol. The van der Waals surface area contributed by atoms with Gasteiger partial charge in [-0.15, -0.1) is 6.58 Å². The number of hydrogen-bond acceptors (Lipinski definition) is 0. The summed E-state index contributed by atoms with van der Waals surface area (Å²) < 4.78 is 0. The van der Waals surface area contributed by atoms with Crippen molar-refractivity contribution in [3.8, 4) is 11.8 Å². The average Bonchev–Trinajstić information content (AvgIpc) is 2.45. The summed E-state index contributed by atoms with van der Waals surface area (Å²) in [5, 5.41) is 0. The molecule has 1 atom stereocenters. The molecule has 0 saturated carbocycles. The van der Waals surface area contributed by atoms with Gasteiger partial charge in [0.1, 0.15) is 0 Å². The van der Waals surface area contributed by atoms with Gasteiger partial charge in [0.15, 0.2) is 0 Å². The van der Waals surface area contributed by atoms with Crippen LogP contribution in [0.5, 0.6) is 0 Å². The van der Waals surface area contributed by atoms with Gasteiger partial charge in [0.05, 0.1) is 0 Å². The van der Waals surface area contributed by atoms with E-state index in [0.717, 1.165) is 12.0 Å². The highest BCUT2D eigenvalue weighted by Crippen LogP contribution is 2.22. The first kappa shape index (κ1) is 13.2. The Morgan fingerprint density at radius 1 is 1.05 bits per heavy atom. The highest BCUT2D eigenvalue weighted by molar-refractivity contribution is 5.40. The van der Waals surface area contributed by atoms with E-state index in [1.807, 2.05) is 36.4 Å². The molecule has 0 heterocycles. The quantitative estimate of drug-likeness (QED) is 0.543. The average molecular weight is 246 g/mol. The normalized spacial score (nSPS) is 11.2. The predicted octanol–water partition coefficient (Wildman–Crippen LogP) is 4.71. The zero-order valence-corrected chi connectivity index (χ0v) is 11.3. The smallest absolute Gasteiger partial charge is 0.0492 e. The van der Waals surface area contributed by atoms with Gasteiger partial charge in [-0.25, -0.2) is 0 Å². The molecule has 0 N–H and O–H groups in total. The highest BCUT2D eigenvalue weighted by atomic mass is 14.1. The van der Waals surface area contributed by atoms with Crippen molar-refractivity contribution in [1.29, 1.82) is 0 Å². The van der Waals surface area contributed by atoms with E-state index >= 15 is 0 Å². The van der Waals surface area contributed by atoms with Crippen LogP contribution in [0, 0.1) is 18.8 Å². The van der Waals surface area contributed by atoms with Crippen LogP contribution >= 0.6 is 0 Å². The van der Waals surface area contributed by atoms with Gasteiger partial charge < -0.3 is 0 Å². The molecule has 19 heavy (non-hydrogen) atoms. The molecule has 2 aromatic carbocycles. The first-order valence-corrected chi connectivity index (χ1v) is 6.54. The first-order valence-electron chi connectivity index (χ1n) is 6.54. The van der Waals surface area contributed by atoms with Crippen molar-refractivity contribution in [2.75, 3.05) is 0 Å². The maximum Gasteiger partial charge on any atom is 0.0492 e. The van der Waals surface area contributed by atoms with Crippen molar-refractivity contribution in [3.63, 3.8) is 0 Å². The number of allylic oxidation sites excluding steroid dienone is 1. The van der Waals surface area contributed by atoms with Gasteiger partial charge in [0.25, 0.3) is 0 Å². The number of aryl methyl sites for hydroxylation is 1. The van der Waals surface area contributed by atoms with Gasteiger partial charge in [-0.1, -0.05) is 60.4 Å². The van der Waals surface area contributed by atoms with Crippen LogP contribution in [0.25, 0.3) is 0 Å².